The number of methoxy groups -OCH3 is 3. The maximum absolute atomic E-state index is 14.7. The second kappa shape index (κ2) is 12.8. The normalized spacial score (nSPS) is 31.0. The van der Waals surface area contributed by atoms with Crippen molar-refractivity contribution in [3.63, 3.8) is 0 Å². The van der Waals surface area contributed by atoms with E-state index >= 15 is 0 Å². The number of aryl methyl sites for hydroxylation is 1. The van der Waals surface area contributed by atoms with Crippen molar-refractivity contribution in [3.8, 4) is 11.5 Å². The monoisotopic (exact) mass is 724 g/mol. The molecule has 1 aliphatic heterocycles. The molecule has 0 aromatic heterocycles. The highest BCUT2D eigenvalue weighted by atomic mass is 16.6. The van der Waals surface area contributed by atoms with Crippen LogP contribution in [0.2, 0.25) is 0 Å². The Labute approximate surface area is 297 Å². The molecule has 1 amide bonds. The predicted molar refractivity (Wildman–Crippen MR) is 177 cm³/mol. The number of amides is 1. The minimum atomic E-state index is -3.21. The molecule has 16 nitrogen and oxygen atoms in total. The van der Waals surface area contributed by atoms with Gasteiger partial charge in [-0.15, -0.1) is 0 Å². The zero-order valence-electron chi connectivity index (χ0n) is 29.4. The van der Waals surface area contributed by atoms with Crippen LogP contribution in [0.4, 0.5) is 0 Å². The molecule has 52 heavy (non-hydrogen) atoms. The number of rotatable bonds is 7. The van der Waals surface area contributed by atoms with E-state index in [1.807, 2.05) is 0 Å². The maximum atomic E-state index is 14.7. The summed E-state index contributed by atoms with van der Waals surface area (Å²) in [6, 6.07) is 1.88. The van der Waals surface area contributed by atoms with Gasteiger partial charge < -0.3 is 55.1 Å². The van der Waals surface area contributed by atoms with E-state index in [2.05, 4.69) is 10.6 Å². The van der Waals surface area contributed by atoms with Crippen LogP contribution in [0, 0.1) is 6.92 Å². The third-order valence-corrected chi connectivity index (χ3v) is 10.4. The lowest BCUT2D eigenvalue weighted by molar-refractivity contribution is -0.236. The van der Waals surface area contributed by atoms with Gasteiger partial charge in [0.25, 0.3) is 5.91 Å². The molecule has 1 heterocycles. The van der Waals surface area contributed by atoms with Crippen LogP contribution < -0.4 is 10.6 Å². The van der Waals surface area contributed by atoms with Gasteiger partial charge in [-0.05, 0) is 44.9 Å². The van der Waals surface area contributed by atoms with Crippen LogP contribution in [0.1, 0.15) is 89.3 Å². The average Bonchev–Trinajstić information content (AvgIpc) is 3.05. The number of carbonyl (C=O) groups excluding carboxylic acids is 5. The number of Topliss-reactive ketones (excluding diaryl/α,β-unsaturated/α-hetero) is 3. The lowest BCUT2D eigenvalue weighted by atomic mass is 9.56. The minimum Gasteiger partial charge on any atom is -0.507 e. The number of aliphatic hydroxyl groups excluding tert-OH is 2. The molecule has 0 saturated carbocycles. The van der Waals surface area contributed by atoms with Crippen molar-refractivity contribution >= 4 is 29.0 Å². The topological polar surface area (TPSA) is 247 Å². The van der Waals surface area contributed by atoms with Crippen molar-refractivity contribution < 1.29 is 68.5 Å². The van der Waals surface area contributed by atoms with Gasteiger partial charge in [0, 0.05) is 56.6 Å². The number of aromatic hydroxyl groups is 2. The fraction of sp³-hybridized carbons (Fsp3) is 0.472. The fourth-order valence-electron chi connectivity index (χ4n) is 8.11. The molecule has 7 N–H and O–H groups in total. The number of nitrogens with one attached hydrogen (secondary N) is 2. The van der Waals surface area contributed by atoms with E-state index in [0.717, 1.165) is 19.3 Å². The van der Waals surface area contributed by atoms with Crippen molar-refractivity contribution in [3.05, 3.63) is 68.4 Å². The standard InChI is InChI=1S/C36H40N2O14/c1-12(2)37-33(47)21-13(3)8-15-9-20(40)36(51-7)32(46)23-17(31(45)35(36,48)24(15)27(21)43)10-16-22(26(23)42)19(39)11-18(25(16)41)38-34-30(50-6)28(44)29(49-5)14(4)52-34/h8,10-12,14,20,28-30,34,38,40,42-44,48H,9H2,1-7H3,(H,37,47)/t14-,20+,28+,29-,30+,34?,35-,36+/m0/s1. The van der Waals surface area contributed by atoms with Crippen LogP contribution >= 0.6 is 0 Å². The molecule has 8 atom stereocenters. The Bertz CT molecular complexity index is 1970. The summed E-state index contributed by atoms with van der Waals surface area (Å²) in [5, 5.41) is 63.5. The molecule has 16 heteroatoms. The first kappa shape index (κ1) is 37.2. The number of ether oxygens (including phenoxy) is 4. The van der Waals surface area contributed by atoms with Crippen molar-refractivity contribution in [1.29, 1.82) is 0 Å². The number of phenolic OH excluding ortho intramolecular Hbond substituents is 2. The van der Waals surface area contributed by atoms with Crippen molar-refractivity contribution in [1.82, 2.24) is 10.6 Å². The van der Waals surface area contributed by atoms with Crippen LogP contribution in [0.15, 0.2) is 23.9 Å². The Hall–Kier alpha value is -4.55. The van der Waals surface area contributed by atoms with E-state index in [1.165, 1.54) is 27.2 Å². The first-order valence-corrected chi connectivity index (χ1v) is 16.5. The van der Waals surface area contributed by atoms with Gasteiger partial charge in [-0.1, -0.05) is 6.07 Å². The summed E-state index contributed by atoms with van der Waals surface area (Å²) in [6.07, 6.45) is -6.50. The summed E-state index contributed by atoms with van der Waals surface area (Å²) >= 11 is 0. The van der Waals surface area contributed by atoms with Gasteiger partial charge in [0.05, 0.1) is 34.6 Å². The lowest BCUT2D eigenvalue weighted by Crippen LogP contribution is -2.73. The van der Waals surface area contributed by atoms with Gasteiger partial charge >= 0.3 is 0 Å². The van der Waals surface area contributed by atoms with Gasteiger partial charge in [-0.2, -0.15) is 0 Å². The predicted octanol–water partition coefficient (Wildman–Crippen LogP) is 0.102. The summed E-state index contributed by atoms with van der Waals surface area (Å²) in [6.45, 7) is 6.48. The van der Waals surface area contributed by atoms with Gasteiger partial charge in [-0.3, -0.25) is 24.0 Å². The van der Waals surface area contributed by atoms with Gasteiger partial charge in [-0.25, -0.2) is 0 Å². The van der Waals surface area contributed by atoms with Crippen LogP contribution in [0.25, 0.3) is 0 Å². The first-order chi connectivity index (χ1) is 24.4. The molecule has 0 radical (unpaired) electrons. The van der Waals surface area contributed by atoms with Crippen molar-refractivity contribution in [2.75, 3.05) is 21.3 Å². The van der Waals surface area contributed by atoms with E-state index in [9.17, 15) is 49.5 Å². The Kier molecular flexibility index (Phi) is 9.19. The van der Waals surface area contributed by atoms with E-state index in [-0.39, 0.29) is 28.4 Å². The number of phenols is 2. The number of benzene rings is 2. The minimum absolute atomic E-state index is 0.0264. The Morgan fingerprint density at radius 2 is 1.62 bits per heavy atom. The summed E-state index contributed by atoms with van der Waals surface area (Å²) in [4.78, 5) is 70.0. The van der Waals surface area contributed by atoms with Crippen molar-refractivity contribution in [2.45, 2.75) is 88.1 Å². The molecule has 3 aliphatic carbocycles. The summed E-state index contributed by atoms with van der Waals surface area (Å²) in [5.41, 5.74) is -9.77. The molecule has 2 aromatic rings. The van der Waals surface area contributed by atoms with E-state index in [0.29, 0.717) is 0 Å². The van der Waals surface area contributed by atoms with Crippen LogP contribution in [-0.4, -0.2) is 124 Å². The third-order valence-electron chi connectivity index (χ3n) is 10.4. The number of aliphatic hydroxyl groups is 3. The molecule has 6 rings (SSSR count). The molecule has 1 unspecified atom stereocenters. The zero-order valence-corrected chi connectivity index (χ0v) is 29.4. The highest BCUT2D eigenvalue weighted by molar-refractivity contribution is 6.31. The SMILES string of the molecule is CO[C@@H]1[C@@H](O)[C@@H](OC)C(NC2=CC(=O)c3c(cc4c(c3O)C(=O)[C@]3(OC)[C@H](O)Cc5cc(C)c(C(=O)NC(C)C)c(O)c5[C@]3(O)C4=O)C2=O)O[C@H]1C. The van der Waals surface area contributed by atoms with E-state index in [1.54, 1.807) is 20.8 Å². The average molecular weight is 725 g/mol. The third kappa shape index (κ3) is 4.89. The second-order valence-electron chi connectivity index (χ2n) is 13.7. The highest BCUT2D eigenvalue weighted by Gasteiger charge is 2.72. The first-order valence-electron chi connectivity index (χ1n) is 16.5. The number of fused-ring (bicyclic) bond motifs is 5. The van der Waals surface area contributed by atoms with Gasteiger partial charge in [0.15, 0.2) is 23.2 Å². The Balaban J connectivity index is 1.51. The smallest absolute Gasteiger partial charge is 0.255 e. The van der Waals surface area contributed by atoms with Crippen LogP contribution in [0.5, 0.6) is 11.5 Å². The fourth-order valence-corrected chi connectivity index (χ4v) is 8.11. The number of ketones is 4. The van der Waals surface area contributed by atoms with E-state index < -0.39 is 123 Å². The molecule has 2 aromatic carbocycles. The molecule has 278 valence electrons. The summed E-state index contributed by atoms with van der Waals surface area (Å²) in [7, 11) is 3.61. The number of hydrogen-bond donors (Lipinski definition) is 7. The highest BCUT2D eigenvalue weighted by Crippen LogP contribution is 2.56. The lowest BCUT2D eigenvalue weighted by Gasteiger charge is -2.53. The second-order valence-corrected chi connectivity index (χ2v) is 13.7. The van der Waals surface area contributed by atoms with Crippen LogP contribution in [-0.2, 0) is 31.0 Å². The number of hydrogen-bond acceptors (Lipinski definition) is 15. The zero-order chi connectivity index (χ0) is 38.4. The quantitative estimate of drug-likeness (QED) is 0.200. The summed E-state index contributed by atoms with van der Waals surface area (Å²) in [5.74, 6) is -7.25. The Morgan fingerprint density at radius 3 is 2.21 bits per heavy atom. The molecule has 4 aliphatic rings. The molecule has 1 saturated heterocycles. The molecule has 0 spiro atoms. The largest absolute Gasteiger partial charge is 0.507 e. The number of carbonyl (C=O) groups is 5. The summed E-state index contributed by atoms with van der Waals surface area (Å²) < 4.78 is 22.1. The molecule has 0 bridgehead atoms. The number of allylic oxidation sites excluding steroid dienone is 2. The van der Waals surface area contributed by atoms with E-state index in [4.69, 9.17) is 18.9 Å². The Morgan fingerprint density at radius 1 is 0.962 bits per heavy atom. The molecule has 1 fully saturated rings. The molecular formula is C36H40N2O14. The maximum Gasteiger partial charge on any atom is 0.255 e. The van der Waals surface area contributed by atoms with Gasteiger partial charge in [0.1, 0.15) is 29.8 Å². The molecular weight excluding hydrogens is 684 g/mol. The van der Waals surface area contributed by atoms with Crippen LogP contribution in [0.3, 0.4) is 0 Å². The van der Waals surface area contributed by atoms with Gasteiger partial charge in [0.2, 0.25) is 17.3 Å². The van der Waals surface area contributed by atoms with Crippen molar-refractivity contribution in [2.24, 2.45) is 0 Å².